The number of hydrogen-bond acceptors (Lipinski definition) is 5. The third kappa shape index (κ3) is 5.92. The molecule has 0 saturated heterocycles. The van der Waals surface area contributed by atoms with Gasteiger partial charge in [-0.3, -0.25) is 13.8 Å². The molecule has 0 fully saturated rings. The Morgan fingerprint density at radius 1 is 1.45 bits per heavy atom. The number of hydrogen-bond donors (Lipinski definition) is 1. The van der Waals surface area contributed by atoms with E-state index in [4.69, 9.17) is 14.6 Å². The summed E-state index contributed by atoms with van der Waals surface area (Å²) in [5.41, 5.74) is 2.05. The zero-order chi connectivity index (χ0) is 22.2. The van der Waals surface area contributed by atoms with Crippen molar-refractivity contribution in [2.45, 2.75) is 31.4 Å². The molecule has 0 bridgehead atoms. The Bertz CT molecular complexity index is 1080. The fourth-order valence-corrected chi connectivity index (χ4v) is 4.32. The topological polar surface area (TPSA) is 73.1 Å². The van der Waals surface area contributed by atoms with Crippen molar-refractivity contribution in [3.8, 4) is 5.75 Å². The quantitative estimate of drug-likeness (QED) is 0.301. The van der Waals surface area contributed by atoms with Crippen molar-refractivity contribution in [1.82, 2.24) is 3.97 Å². The lowest BCUT2D eigenvalue weighted by Gasteiger charge is -2.17. The molecule has 0 spiro atoms. The van der Waals surface area contributed by atoms with Gasteiger partial charge in [-0.25, -0.2) is 0 Å². The molecular formula is C24H26N2O4S. The van der Waals surface area contributed by atoms with Crippen molar-refractivity contribution in [2.24, 2.45) is 4.99 Å². The number of allylic oxidation sites excluding steroid dienone is 4. The Kier molecular flexibility index (Phi) is 7.78. The number of aliphatic carboxylic acids is 1. The van der Waals surface area contributed by atoms with Gasteiger partial charge in [-0.05, 0) is 86.5 Å². The Morgan fingerprint density at radius 2 is 2.29 bits per heavy atom. The Morgan fingerprint density at radius 3 is 2.94 bits per heavy atom. The monoisotopic (exact) mass is 438 g/mol. The van der Waals surface area contributed by atoms with Gasteiger partial charge in [0.2, 0.25) is 0 Å². The average Bonchev–Trinajstić information content (AvgIpc) is 3.12. The highest BCUT2D eigenvalue weighted by molar-refractivity contribution is 7.98. The van der Waals surface area contributed by atoms with Gasteiger partial charge < -0.3 is 14.6 Å². The Balaban J connectivity index is 1.74. The summed E-state index contributed by atoms with van der Waals surface area (Å²) in [6.07, 6.45) is 14.8. The highest BCUT2D eigenvalue weighted by atomic mass is 32.2. The summed E-state index contributed by atoms with van der Waals surface area (Å²) in [6.45, 7) is 5.33. The van der Waals surface area contributed by atoms with E-state index in [1.807, 2.05) is 43.5 Å². The van der Waals surface area contributed by atoms with Crippen LogP contribution in [0.2, 0.25) is 0 Å². The van der Waals surface area contributed by atoms with E-state index in [1.165, 1.54) is 0 Å². The lowest BCUT2D eigenvalue weighted by atomic mass is 10.1. The minimum absolute atomic E-state index is 0.0941. The zero-order valence-corrected chi connectivity index (χ0v) is 18.5. The number of benzene rings is 1. The van der Waals surface area contributed by atoms with Crippen LogP contribution in [0.1, 0.15) is 25.3 Å². The van der Waals surface area contributed by atoms with Gasteiger partial charge in [0, 0.05) is 29.5 Å². The SMILES string of the molecule is C=N/C=C\C(=C/C)OC1=CCC(Sn2cc(CCC(=O)O)c3cc(OC)ccc32)C=C1. The van der Waals surface area contributed by atoms with Crippen LogP contribution in [0.5, 0.6) is 5.75 Å². The number of rotatable bonds is 10. The first-order valence-electron chi connectivity index (χ1n) is 9.96. The number of carboxylic acid groups (broad SMARTS) is 1. The number of carboxylic acids is 1. The predicted molar refractivity (Wildman–Crippen MR) is 127 cm³/mol. The van der Waals surface area contributed by atoms with Crippen LogP contribution in [0.4, 0.5) is 0 Å². The number of aryl methyl sites for hydroxylation is 1. The fraction of sp³-hybridized carbons (Fsp3) is 0.250. The second-order valence-electron chi connectivity index (χ2n) is 6.89. The minimum Gasteiger partial charge on any atom is -0.497 e. The molecule has 1 unspecified atom stereocenters. The Labute approximate surface area is 186 Å². The maximum Gasteiger partial charge on any atom is 0.303 e. The largest absolute Gasteiger partial charge is 0.497 e. The lowest BCUT2D eigenvalue weighted by molar-refractivity contribution is -0.136. The summed E-state index contributed by atoms with van der Waals surface area (Å²) >= 11 is 1.69. The molecular weight excluding hydrogens is 412 g/mol. The van der Waals surface area contributed by atoms with E-state index >= 15 is 0 Å². The summed E-state index contributed by atoms with van der Waals surface area (Å²) < 4.78 is 13.3. The van der Waals surface area contributed by atoms with Crippen LogP contribution in [0.25, 0.3) is 10.9 Å². The van der Waals surface area contributed by atoms with Crippen LogP contribution >= 0.6 is 11.9 Å². The Hall–Kier alpha value is -3.19. The van der Waals surface area contributed by atoms with Gasteiger partial charge in [0.25, 0.3) is 0 Å². The van der Waals surface area contributed by atoms with Crippen LogP contribution in [0.15, 0.2) is 77.5 Å². The fourth-order valence-electron chi connectivity index (χ4n) is 3.23. The van der Waals surface area contributed by atoms with Crippen LogP contribution in [0, 0.1) is 0 Å². The molecule has 0 amide bonds. The maximum absolute atomic E-state index is 11.1. The first-order chi connectivity index (χ1) is 15.0. The molecule has 1 aromatic carbocycles. The third-order valence-electron chi connectivity index (χ3n) is 4.81. The molecule has 7 heteroatoms. The molecule has 162 valence electrons. The predicted octanol–water partition coefficient (Wildman–Crippen LogP) is 5.51. The second kappa shape index (κ2) is 10.7. The number of carbonyl (C=O) groups is 1. The summed E-state index contributed by atoms with van der Waals surface area (Å²) in [5, 5.41) is 10.3. The molecule has 6 nitrogen and oxygen atoms in total. The van der Waals surface area contributed by atoms with Crippen molar-refractivity contribution in [3.05, 3.63) is 78.1 Å². The molecule has 1 aliphatic rings. The summed E-state index contributed by atoms with van der Waals surface area (Å²) in [7, 11) is 1.63. The van der Waals surface area contributed by atoms with E-state index in [0.29, 0.717) is 12.2 Å². The van der Waals surface area contributed by atoms with E-state index < -0.39 is 5.97 Å². The molecule has 1 aromatic heterocycles. The van der Waals surface area contributed by atoms with E-state index in [1.54, 1.807) is 31.3 Å². The summed E-state index contributed by atoms with van der Waals surface area (Å²) in [6, 6.07) is 5.91. The first-order valence-corrected chi connectivity index (χ1v) is 10.8. The van der Waals surface area contributed by atoms with Gasteiger partial charge in [0.05, 0.1) is 12.6 Å². The maximum atomic E-state index is 11.1. The van der Waals surface area contributed by atoms with E-state index in [-0.39, 0.29) is 11.7 Å². The van der Waals surface area contributed by atoms with Crippen molar-refractivity contribution in [3.63, 3.8) is 0 Å². The van der Waals surface area contributed by atoms with Gasteiger partial charge in [-0.15, -0.1) is 0 Å². The second-order valence-corrected chi connectivity index (χ2v) is 8.10. The number of aliphatic imine (C=N–C) groups is 1. The van der Waals surface area contributed by atoms with Crippen molar-refractivity contribution in [2.75, 3.05) is 7.11 Å². The zero-order valence-electron chi connectivity index (χ0n) is 17.7. The normalized spacial score (nSPS) is 16.5. The average molecular weight is 439 g/mol. The van der Waals surface area contributed by atoms with Crippen LogP contribution < -0.4 is 4.74 Å². The summed E-state index contributed by atoms with van der Waals surface area (Å²) in [5.74, 6) is 1.46. The molecule has 3 rings (SSSR count). The van der Waals surface area contributed by atoms with Gasteiger partial charge >= 0.3 is 5.97 Å². The number of methoxy groups -OCH3 is 1. The number of aromatic nitrogens is 1. The van der Waals surface area contributed by atoms with Gasteiger partial charge in [-0.1, -0.05) is 6.08 Å². The van der Waals surface area contributed by atoms with Crippen molar-refractivity contribution >= 4 is 35.5 Å². The first kappa shape index (κ1) is 22.5. The molecule has 2 aromatic rings. The van der Waals surface area contributed by atoms with Crippen molar-refractivity contribution in [1.29, 1.82) is 0 Å². The molecule has 1 atom stereocenters. The third-order valence-corrected chi connectivity index (χ3v) is 5.96. The van der Waals surface area contributed by atoms with Crippen LogP contribution in [-0.4, -0.2) is 34.1 Å². The van der Waals surface area contributed by atoms with Gasteiger partial charge in [-0.2, -0.15) is 0 Å². The van der Waals surface area contributed by atoms with E-state index in [0.717, 1.165) is 34.4 Å². The molecule has 1 aliphatic carbocycles. The molecule has 1 heterocycles. The smallest absolute Gasteiger partial charge is 0.303 e. The molecule has 31 heavy (non-hydrogen) atoms. The lowest BCUT2D eigenvalue weighted by Crippen LogP contribution is -2.05. The van der Waals surface area contributed by atoms with E-state index in [9.17, 15) is 4.79 Å². The number of ether oxygens (including phenoxy) is 2. The van der Waals surface area contributed by atoms with Crippen molar-refractivity contribution < 1.29 is 19.4 Å². The molecule has 0 saturated carbocycles. The van der Waals surface area contributed by atoms with Crippen LogP contribution in [0.3, 0.4) is 0 Å². The number of fused-ring (bicyclic) bond motifs is 1. The minimum atomic E-state index is -0.802. The highest BCUT2D eigenvalue weighted by Crippen LogP contribution is 2.33. The van der Waals surface area contributed by atoms with E-state index in [2.05, 4.69) is 27.8 Å². The van der Waals surface area contributed by atoms with Gasteiger partial charge in [0.15, 0.2) is 0 Å². The molecule has 1 N–H and O–H groups in total. The molecule has 0 radical (unpaired) electrons. The standard InChI is InChI=1S/C24H26N2O4S/c1-4-18(13-14-25-2)30-19-6-9-21(10-7-19)31-26-16-17(5-12-24(27)28)22-15-20(29-3)8-11-23(22)26/h4,6-9,11,13-16,21H,2,5,10,12H2,1,3H3,(H,27,28)/b14-13-,18-4+. The number of nitrogens with zero attached hydrogens (tertiary/aromatic N) is 2. The molecule has 0 aliphatic heterocycles. The van der Waals surface area contributed by atoms with Crippen LogP contribution in [-0.2, 0) is 16.0 Å². The summed E-state index contributed by atoms with van der Waals surface area (Å²) in [4.78, 5) is 14.8. The highest BCUT2D eigenvalue weighted by Gasteiger charge is 2.16. The van der Waals surface area contributed by atoms with Gasteiger partial charge in [0.1, 0.15) is 17.3 Å².